The van der Waals surface area contributed by atoms with Crippen molar-refractivity contribution in [3.05, 3.63) is 65.1 Å². The highest BCUT2D eigenvalue weighted by molar-refractivity contribution is 5.68. The number of carbonyl (C=O) groups is 1. The summed E-state index contributed by atoms with van der Waals surface area (Å²) in [6.45, 7) is 2.79. The molecule has 156 valence electrons. The average molecular weight is 406 g/mol. The first-order valence-corrected chi connectivity index (χ1v) is 10.4. The summed E-state index contributed by atoms with van der Waals surface area (Å²) in [6.07, 6.45) is 9.99. The van der Waals surface area contributed by atoms with E-state index in [2.05, 4.69) is 32.5 Å². The number of carboxylic acids is 1. The van der Waals surface area contributed by atoms with Crippen molar-refractivity contribution in [1.82, 2.24) is 24.7 Å². The molecule has 8 heteroatoms. The van der Waals surface area contributed by atoms with E-state index in [1.165, 1.54) is 5.56 Å². The van der Waals surface area contributed by atoms with Gasteiger partial charge in [0, 0.05) is 36.4 Å². The first kappa shape index (κ1) is 20.0. The zero-order valence-corrected chi connectivity index (χ0v) is 17.1. The van der Waals surface area contributed by atoms with Crippen LogP contribution in [0, 0.1) is 6.92 Å². The summed E-state index contributed by atoms with van der Waals surface area (Å²) in [7, 11) is 0. The quantitative estimate of drug-likeness (QED) is 0.592. The molecule has 0 saturated carbocycles. The molecule has 1 atom stereocenters. The SMILES string of the molecule is Cc1ncc(C(CC(=O)O)n2ccc(CCCc3ccc4c(n3)NCCC4)n2)cn1. The van der Waals surface area contributed by atoms with E-state index in [-0.39, 0.29) is 6.42 Å². The van der Waals surface area contributed by atoms with Gasteiger partial charge in [0.05, 0.1) is 18.2 Å². The predicted octanol–water partition coefficient (Wildman–Crippen LogP) is 2.97. The number of carboxylic acid groups (broad SMARTS) is 1. The largest absolute Gasteiger partial charge is 0.481 e. The average Bonchev–Trinajstić information content (AvgIpc) is 3.21. The molecular weight excluding hydrogens is 380 g/mol. The smallest absolute Gasteiger partial charge is 0.305 e. The van der Waals surface area contributed by atoms with Gasteiger partial charge >= 0.3 is 5.97 Å². The van der Waals surface area contributed by atoms with Crippen LogP contribution in [0.1, 0.15) is 53.6 Å². The number of hydrogen-bond donors (Lipinski definition) is 2. The minimum atomic E-state index is -0.885. The van der Waals surface area contributed by atoms with Gasteiger partial charge in [-0.05, 0) is 56.7 Å². The topological polar surface area (TPSA) is 106 Å². The molecule has 0 radical (unpaired) electrons. The number of nitrogens with zero attached hydrogens (tertiary/aromatic N) is 5. The van der Waals surface area contributed by atoms with E-state index in [9.17, 15) is 9.90 Å². The number of anilines is 1. The lowest BCUT2D eigenvalue weighted by molar-refractivity contribution is -0.137. The Hall–Kier alpha value is -3.29. The molecule has 0 amide bonds. The molecule has 1 unspecified atom stereocenters. The maximum atomic E-state index is 11.4. The van der Waals surface area contributed by atoms with Gasteiger partial charge < -0.3 is 10.4 Å². The van der Waals surface area contributed by atoms with Crippen LogP contribution in [0.3, 0.4) is 0 Å². The van der Waals surface area contributed by atoms with Crippen LogP contribution in [0.25, 0.3) is 0 Å². The van der Waals surface area contributed by atoms with Crippen LogP contribution in [0.15, 0.2) is 36.8 Å². The van der Waals surface area contributed by atoms with Crippen molar-refractivity contribution in [2.75, 3.05) is 11.9 Å². The Bertz CT molecular complexity index is 1010. The number of pyridine rings is 1. The van der Waals surface area contributed by atoms with E-state index >= 15 is 0 Å². The lowest BCUT2D eigenvalue weighted by atomic mass is 10.1. The van der Waals surface area contributed by atoms with Gasteiger partial charge in [0.15, 0.2) is 0 Å². The third-order valence-electron chi connectivity index (χ3n) is 5.35. The van der Waals surface area contributed by atoms with Crippen molar-refractivity contribution < 1.29 is 9.90 Å². The van der Waals surface area contributed by atoms with Gasteiger partial charge in [0.1, 0.15) is 11.6 Å². The Morgan fingerprint density at radius 2 is 2.00 bits per heavy atom. The van der Waals surface area contributed by atoms with Crippen molar-refractivity contribution in [3.8, 4) is 0 Å². The van der Waals surface area contributed by atoms with Crippen molar-refractivity contribution in [3.63, 3.8) is 0 Å². The van der Waals surface area contributed by atoms with Crippen molar-refractivity contribution in [2.45, 2.75) is 51.5 Å². The van der Waals surface area contributed by atoms with E-state index < -0.39 is 12.0 Å². The first-order valence-electron chi connectivity index (χ1n) is 10.4. The Labute approximate surface area is 175 Å². The maximum Gasteiger partial charge on any atom is 0.305 e. The van der Waals surface area contributed by atoms with Crippen molar-refractivity contribution >= 4 is 11.8 Å². The highest BCUT2D eigenvalue weighted by Gasteiger charge is 2.19. The van der Waals surface area contributed by atoms with Crippen molar-refractivity contribution in [2.24, 2.45) is 0 Å². The molecule has 4 rings (SSSR count). The summed E-state index contributed by atoms with van der Waals surface area (Å²) in [5.74, 6) is 0.796. The molecule has 0 bridgehead atoms. The predicted molar refractivity (Wildman–Crippen MR) is 112 cm³/mol. The summed E-state index contributed by atoms with van der Waals surface area (Å²) < 4.78 is 1.71. The standard InChI is InChI=1S/C22H26N6O2/c1-15-24-13-17(14-25-15)20(12-21(29)30)28-11-9-19(27-28)6-2-5-18-8-7-16-4-3-10-23-22(16)26-18/h7-9,11,13-14,20H,2-6,10,12H2,1H3,(H,23,26)(H,29,30). The minimum absolute atomic E-state index is 0.0699. The highest BCUT2D eigenvalue weighted by Crippen LogP contribution is 2.22. The second kappa shape index (κ2) is 9.02. The number of aryl methyl sites for hydroxylation is 4. The summed E-state index contributed by atoms with van der Waals surface area (Å²) in [5, 5.41) is 17.3. The fourth-order valence-electron chi connectivity index (χ4n) is 3.75. The van der Waals surface area contributed by atoms with E-state index in [0.717, 1.165) is 61.4 Å². The van der Waals surface area contributed by atoms with E-state index in [0.29, 0.717) is 5.82 Å². The summed E-state index contributed by atoms with van der Waals surface area (Å²) in [6, 6.07) is 5.82. The molecular formula is C22H26N6O2. The fraction of sp³-hybridized carbons (Fsp3) is 0.409. The van der Waals surface area contributed by atoms with Crippen LogP contribution in [0.5, 0.6) is 0 Å². The van der Waals surface area contributed by atoms with Crippen LogP contribution in [-0.2, 0) is 24.1 Å². The van der Waals surface area contributed by atoms with Crippen LogP contribution in [-0.4, -0.2) is 42.4 Å². The second-order valence-corrected chi connectivity index (χ2v) is 7.66. The normalized spacial score (nSPS) is 14.0. The Morgan fingerprint density at radius 3 is 2.80 bits per heavy atom. The lowest BCUT2D eigenvalue weighted by Gasteiger charge is -2.17. The molecule has 30 heavy (non-hydrogen) atoms. The molecule has 3 aromatic rings. The van der Waals surface area contributed by atoms with Gasteiger partial charge in [-0.25, -0.2) is 15.0 Å². The van der Waals surface area contributed by atoms with E-state index in [1.807, 2.05) is 12.3 Å². The van der Waals surface area contributed by atoms with Crippen LogP contribution >= 0.6 is 0 Å². The number of nitrogens with one attached hydrogen (secondary N) is 1. The number of aromatic nitrogens is 5. The summed E-state index contributed by atoms with van der Waals surface area (Å²) in [4.78, 5) is 24.5. The number of rotatable bonds is 8. The molecule has 4 heterocycles. The zero-order valence-electron chi connectivity index (χ0n) is 17.1. The lowest BCUT2D eigenvalue weighted by Crippen LogP contribution is -2.16. The van der Waals surface area contributed by atoms with Gasteiger partial charge in [-0.15, -0.1) is 0 Å². The first-order chi connectivity index (χ1) is 14.6. The number of fused-ring (bicyclic) bond motifs is 1. The monoisotopic (exact) mass is 406 g/mol. The third kappa shape index (κ3) is 4.82. The third-order valence-corrected chi connectivity index (χ3v) is 5.35. The Balaban J connectivity index is 1.40. The number of aliphatic carboxylic acids is 1. The molecule has 2 N–H and O–H groups in total. The van der Waals surface area contributed by atoms with Gasteiger partial charge in [-0.3, -0.25) is 9.48 Å². The maximum absolute atomic E-state index is 11.4. The Morgan fingerprint density at radius 1 is 1.20 bits per heavy atom. The van der Waals surface area contributed by atoms with E-state index in [1.54, 1.807) is 24.0 Å². The van der Waals surface area contributed by atoms with Crippen LogP contribution in [0.4, 0.5) is 5.82 Å². The fourth-order valence-corrected chi connectivity index (χ4v) is 3.75. The number of hydrogen-bond acceptors (Lipinski definition) is 6. The molecule has 0 fully saturated rings. The van der Waals surface area contributed by atoms with E-state index in [4.69, 9.17) is 4.98 Å². The van der Waals surface area contributed by atoms with Crippen LogP contribution < -0.4 is 5.32 Å². The van der Waals surface area contributed by atoms with Gasteiger partial charge in [-0.1, -0.05) is 6.07 Å². The van der Waals surface area contributed by atoms with Crippen molar-refractivity contribution in [1.29, 1.82) is 0 Å². The molecule has 3 aromatic heterocycles. The van der Waals surface area contributed by atoms with Gasteiger partial charge in [0.2, 0.25) is 0 Å². The van der Waals surface area contributed by atoms with Gasteiger partial charge in [0.25, 0.3) is 0 Å². The second-order valence-electron chi connectivity index (χ2n) is 7.66. The molecule has 1 aliphatic rings. The molecule has 0 saturated heterocycles. The summed E-state index contributed by atoms with van der Waals surface area (Å²) in [5.41, 5.74) is 4.06. The Kier molecular flexibility index (Phi) is 6.02. The summed E-state index contributed by atoms with van der Waals surface area (Å²) >= 11 is 0. The highest BCUT2D eigenvalue weighted by atomic mass is 16.4. The van der Waals surface area contributed by atoms with Gasteiger partial charge in [-0.2, -0.15) is 5.10 Å². The zero-order chi connectivity index (χ0) is 20.9. The molecule has 0 spiro atoms. The van der Waals surface area contributed by atoms with Crippen LogP contribution in [0.2, 0.25) is 0 Å². The molecule has 8 nitrogen and oxygen atoms in total. The molecule has 0 aromatic carbocycles. The minimum Gasteiger partial charge on any atom is -0.481 e. The molecule has 0 aliphatic carbocycles. The molecule has 1 aliphatic heterocycles.